The summed E-state index contributed by atoms with van der Waals surface area (Å²) in [5.74, 6) is 0.924. The van der Waals surface area contributed by atoms with E-state index in [1.54, 1.807) is 0 Å². The van der Waals surface area contributed by atoms with Crippen LogP contribution in [0.3, 0.4) is 0 Å². The molecule has 2 rings (SSSR count). The molecule has 68 valence electrons. The van der Waals surface area contributed by atoms with Gasteiger partial charge in [0, 0.05) is 0 Å². The minimum Gasteiger partial charge on any atom is -0.462 e. The Labute approximate surface area is 73.3 Å². The van der Waals surface area contributed by atoms with Gasteiger partial charge >= 0.3 is 5.97 Å². The molecule has 0 aromatic rings. The van der Waals surface area contributed by atoms with Crippen molar-refractivity contribution in [3.8, 4) is 0 Å². The van der Waals surface area contributed by atoms with E-state index in [-0.39, 0.29) is 18.0 Å². The van der Waals surface area contributed by atoms with Crippen LogP contribution in [0, 0.1) is 11.8 Å². The maximum atomic E-state index is 11.3. The number of carbonyl (C=O) groups is 1. The minimum atomic E-state index is 0.0319. The highest BCUT2D eigenvalue weighted by atomic mass is 16.5. The maximum absolute atomic E-state index is 11.3. The molecule has 0 amide bonds. The summed E-state index contributed by atoms with van der Waals surface area (Å²) in [4.78, 5) is 11.3. The van der Waals surface area contributed by atoms with E-state index in [0.717, 1.165) is 25.2 Å². The fourth-order valence-electron chi connectivity index (χ4n) is 2.44. The van der Waals surface area contributed by atoms with Crippen LogP contribution in [0.2, 0.25) is 0 Å². The van der Waals surface area contributed by atoms with Crippen molar-refractivity contribution in [3.63, 3.8) is 0 Å². The van der Waals surface area contributed by atoms with E-state index in [4.69, 9.17) is 4.74 Å². The normalized spacial score (nSPS) is 41.8. The van der Waals surface area contributed by atoms with Crippen LogP contribution >= 0.6 is 0 Å². The van der Waals surface area contributed by atoms with Crippen molar-refractivity contribution >= 4 is 5.97 Å². The molecular formula is C10H16O2. The highest BCUT2D eigenvalue weighted by molar-refractivity contribution is 5.72. The Morgan fingerprint density at radius 3 is 3.00 bits per heavy atom. The van der Waals surface area contributed by atoms with E-state index in [0.29, 0.717) is 0 Å². The van der Waals surface area contributed by atoms with Crippen molar-refractivity contribution < 1.29 is 9.53 Å². The number of carbonyl (C=O) groups excluding carboxylic acids is 1. The molecule has 0 aromatic heterocycles. The SMILES string of the molecule is CC1CC2CCCC(C2)OC1=O. The number of hydrogen-bond acceptors (Lipinski definition) is 2. The lowest BCUT2D eigenvalue weighted by Gasteiger charge is -2.24. The summed E-state index contributed by atoms with van der Waals surface area (Å²) in [5, 5.41) is 0. The highest BCUT2D eigenvalue weighted by Crippen LogP contribution is 2.34. The zero-order valence-electron chi connectivity index (χ0n) is 7.58. The van der Waals surface area contributed by atoms with E-state index < -0.39 is 0 Å². The molecule has 1 heterocycles. The average Bonchev–Trinajstić information content (AvgIpc) is 2.11. The molecule has 2 bridgehead atoms. The second kappa shape index (κ2) is 3.08. The minimum absolute atomic E-state index is 0.0319. The zero-order valence-corrected chi connectivity index (χ0v) is 7.58. The fourth-order valence-corrected chi connectivity index (χ4v) is 2.44. The van der Waals surface area contributed by atoms with Gasteiger partial charge in [0.2, 0.25) is 0 Å². The molecule has 2 fully saturated rings. The van der Waals surface area contributed by atoms with Crippen molar-refractivity contribution in [2.24, 2.45) is 11.8 Å². The fraction of sp³-hybridized carbons (Fsp3) is 0.900. The third kappa shape index (κ3) is 1.47. The van der Waals surface area contributed by atoms with Crippen molar-refractivity contribution in [3.05, 3.63) is 0 Å². The summed E-state index contributed by atoms with van der Waals surface area (Å²) in [5.41, 5.74) is 0. The predicted molar refractivity (Wildman–Crippen MR) is 45.6 cm³/mol. The summed E-state index contributed by atoms with van der Waals surface area (Å²) in [6, 6.07) is 0. The molecular weight excluding hydrogens is 152 g/mol. The summed E-state index contributed by atoms with van der Waals surface area (Å²) in [7, 11) is 0. The molecule has 1 saturated heterocycles. The van der Waals surface area contributed by atoms with Crippen LogP contribution in [0.15, 0.2) is 0 Å². The Morgan fingerprint density at radius 2 is 2.17 bits per heavy atom. The lowest BCUT2D eigenvalue weighted by Crippen LogP contribution is -2.21. The second-order valence-electron chi connectivity index (χ2n) is 4.23. The zero-order chi connectivity index (χ0) is 8.55. The maximum Gasteiger partial charge on any atom is 0.308 e. The lowest BCUT2D eigenvalue weighted by atomic mass is 9.83. The molecule has 12 heavy (non-hydrogen) atoms. The molecule has 1 saturated carbocycles. The summed E-state index contributed by atoms with van der Waals surface area (Å²) >= 11 is 0. The van der Waals surface area contributed by atoms with Crippen LogP contribution in [0.1, 0.15) is 39.0 Å². The Balaban J connectivity index is 2.09. The third-order valence-electron chi connectivity index (χ3n) is 3.11. The van der Waals surface area contributed by atoms with Crippen molar-refractivity contribution in [2.45, 2.75) is 45.1 Å². The van der Waals surface area contributed by atoms with Crippen molar-refractivity contribution in [1.82, 2.24) is 0 Å². The monoisotopic (exact) mass is 168 g/mol. The first-order chi connectivity index (χ1) is 5.75. The van der Waals surface area contributed by atoms with Crippen LogP contribution in [0.25, 0.3) is 0 Å². The standard InChI is InChI=1S/C10H16O2/c1-7-5-8-3-2-4-9(6-8)12-10(7)11/h7-9H,2-6H2,1H3. The summed E-state index contributed by atoms with van der Waals surface area (Å²) < 4.78 is 5.36. The molecule has 0 N–H and O–H groups in total. The van der Waals surface area contributed by atoms with E-state index in [1.807, 2.05) is 6.92 Å². The van der Waals surface area contributed by atoms with Crippen molar-refractivity contribution in [1.29, 1.82) is 0 Å². The van der Waals surface area contributed by atoms with E-state index in [1.165, 1.54) is 12.8 Å². The predicted octanol–water partition coefficient (Wildman–Crippen LogP) is 2.13. The van der Waals surface area contributed by atoms with Gasteiger partial charge in [-0.05, 0) is 31.6 Å². The molecule has 0 radical (unpaired) electrons. The van der Waals surface area contributed by atoms with Gasteiger partial charge in [-0.25, -0.2) is 0 Å². The van der Waals surface area contributed by atoms with Crippen LogP contribution in [0.5, 0.6) is 0 Å². The summed E-state index contributed by atoms with van der Waals surface area (Å²) in [6.07, 6.45) is 6.06. The molecule has 1 aliphatic heterocycles. The molecule has 2 heteroatoms. The number of ether oxygens (including phenoxy) is 1. The number of hydrogen-bond donors (Lipinski definition) is 0. The molecule has 2 nitrogen and oxygen atoms in total. The molecule has 0 spiro atoms. The number of esters is 1. The summed E-state index contributed by atoms with van der Waals surface area (Å²) in [6.45, 7) is 1.99. The lowest BCUT2D eigenvalue weighted by molar-refractivity contribution is -0.152. The van der Waals surface area contributed by atoms with Crippen LogP contribution < -0.4 is 0 Å². The van der Waals surface area contributed by atoms with Gasteiger partial charge in [0.05, 0.1) is 5.92 Å². The Hall–Kier alpha value is -0.530. The van der Waals surface area contributed by atoms with Gasteiger partial charge in [-0.3, -0.25) is 4.79 Å². The number of rotatable bonds is 0. The van der Waals surface area contributed by atoms with Gasteiger partial charge in [-0.15, -0.1) is 0 Å². The largest absolute Gasteiger partial charge is 0.462 e. The first-order valence-corrected chi connectivity index (χ1v) is 4.96. The van der Waals surface area contributed by atoms with Gasteiger partial charge in [-0.1, -0.05) is 13.3 Å². The van der Waals surface area contributed by atoms with E-state index in [9.17, 15) is 4.79 Å². The third-order valence-corrected chi connectivity index (χ3v) is 3.11. The molecule has 2 aliphatic rings. The quantitative estimate of drug-likeness (QED) is 0.518. The van der Waals surface area contributed by atoms with Crippen LogP contribution in [0.4, 0.5) is 0 Å². The topological polar surface area (TPSA) is 26.3 Å². The Morgan fingerprint density at radius 1 is 1.33 bits per heavy atom. The molecule has 0 aromatic carbocycles. The smallest absolute Gasteiger partial charge is 0.308 e. The molecule has 1 aliphatic carbocycles. The van der Waals surface area contributed by atoms with Gasteiger partial charge in [-0.2, -0.15) is 0 Å². The van der Waals surface area contributed by atoms with Gasteiger partial charge < -0.3 is 4.74 Å². The highest BCUT2D eigenvalue weighted by Gasteiger charge is 2.32. The van der Waals surface area contributed by atoms with Crippen LogP contribution in [-0.2, 0) is 9.53 Å². The van der Waals surface area contributed by atoms with E-state index in [2.05, 4.69) is 0 Å². The first-order valence-electron chi connectivity index (χ1n) is 4.96. The average molecular weight is 168 g/mol. The van der Waals surface area contributed by atoms with Crippen molar-refractivity contribution in [2.75, 3.05) is 0 Å². The number of fused-ring (bicyclic) bond motifs is 2. The molecule has 3 unspecified atom stereocenters. The Bertz CT molecular complexity index is 188. The second-order valence-corrected chi connectivity index (χ2v) is 4.23. The Kier molecular flexibility index (Phi) is 2.07. The first kappa shape index (κ1) is 8.09. The van der Waals surface area contributed by atoms with Crippen LogP contribution in [-0.4, -0.2) is 12.1 Å². The molecule has 3 atom stereocenters. The van der Waals surface area contributed by atoms with Gasteiger partial charge in [0.25, 0.3) is 0 Å². The van der Waals surface area contributed by atoms with Gasteiger partial charge in [0.1, 0.15) is 6.10 Å². The van der Waals surface area contributed by atoms with E-state index >= 15 is 0 Å². The van der Waals surface area contributed by atoms with Gasteiger partial charge in [0.15, 0.2) is 0 Å².